The van der Waals surface area contributed by atoms with Crippen LogP contribution in [0.1, 0.15) is 5.56 Å². The molecule has 0 amide bonds. The van der Waals surface area contributed by atoms with Crippen molar-refractivity contribution in [1.82, 2.24) is 9.97 Å². The Labute approximate surface area is 116 Å². The van der Waals surface area contributed by atoms with E-state index in [4.69, 9.17) is 0 Å². The molecule has 0 radical (unpaired) electrons. The average Bonchev–Trinajstić information content (AvgIpc) is 3.01. The smallest absolute Gasteiger partial charge is 0.171 e. The fourth-order valence-electron chi connectivity index (χ4n) is 1.77. The lowest BCUT2D eigenvalue weighted by atomic mass is 10.2. The van der Waals surface area contributed by atoms with E-state index in [2.05, 4.69) is 27.4 Å². The maximum Gasteiger partial charge on any atom is 0.171 e. The summed E-state index contributed by atoms with van der Waals surface area (Å²) in [6, 6.07) is 16.2. The van der Waals surface area contributed by atoms with Gasteiger partial charge in [0.05, 0.1) is 4.88 Å². The molecule has 0 aliphatic rings. The Kier molecular flexibility index (Phi) is 3.51. The van der Waals surface area contributed by atoms with Crippen molar-refractivity contribution in [3.8, 4) is 10.7 Å². The van der Waals surface area contributed by atoms with Gasteiger partial charge in [-0.15, -0.1) is 11.3 Å². The van der Waals surface area contributed by atoms with E-state index in [1.54, 1.807) is 17.5 Å². The molecule has 0 aliphatic carbocycles. The molecule has 3 aromatic rings. The Balaban J connectivity index is 1.74. The number of rotatable bonds is 4. The molecule has 1 aromatic carbocycles. The van der Waals surface area contributed by atoms with Gasteiger partial charge in [-0.05, 0) is 23.1 Å². The fraction of sp³-hybridized carbons (Fsp3) is 0.0667. The van der Waals surface area contributed by atoms with Gasteiger partial charge < -0.3 is 5.32 Å². The summed E-state index contributed by atoms with van der Waals surface area (Å²) in [4.78, 5) is 9.90. The molecular formula is C15H13N3S. The summed E-state index contributed by atoms with van der Waals surface area (Å²) in [5.74, 6) is 1.62. The predicted octanol–water partition coefficient (Wildman–Crippen LogP) is 3.82. The monoisotopic (exact) mass is 267 g/mol. The van der Waals surface area contributed by atoms with Gasteiger partial charge in [-0.2, -0.15) is 0 Å². The second kappa shape index (κ2) is 5.63. The summed E-state index contributed by atoms with van der Waals surface area (Å²) in [6.45, 7) is 0.766. The number of nitrogens with zero attached hydrogens (tertiary/aromatic N) is 2. The lowest BCUT2D eigenvalue weighted by Gasteiger charge is -2.06. The first kappa shape index (κ1) is 11.9. The Morgan fingerprint density at radius 2 is 1.89 bits per heavy atom. The average molecular weight is 267 g/mol. The first-order chi connectivity index (χ1) is 9.42. The molecule has 3 nitrogen and oxygen atoms in total. The number of anilines is 1. The first-order valence-electron chi connectivity index (χ1n) is 6.06. The highest BCUT2D eigenvalue weighted by Crippen LogP contribution is 2.21. The van der Waals surface area contributed by atoms with Crippen LogP contribution in [0.3, 0.4) is 0 Å². The fourth-order valence-corrected chi connectivity index (χ4v) is 2.43. The summed E-state index contributed by atoms with van der Waals surface area (Å²) < 4.78 is 0. The van der Waals surface area contributed by atoms with E-state index in [1.807, 2.05) is 41.8 Å². The number of benzene rings is 1. The number of thiophene rings is 1. The molecular weight excluding hydrogens is 254 g/mol. The van der Waals surface area contributed by atoms with Gasteiger partial charge in [0.1, 0.15) is 5.82 Å². The molecule has 0 spiro atoms. The Bertz CT molecular complexity index is 636. The van der Waals surface area contributed by atoms with Gasteiger partial charge >= 0.3 is 0 Å². The molecule has 94 valence electrons. The molecule has 0 fully saturated rings. The van der Waals surface area contributed by atoms with Crippen molar-refractivity contribution in [2.24, 2.45) is 0 Å². The van der Waals surface area contributed by atoms with Gasteiger partial charge in [-0.25, -0.2) is 9.97 Å². The quantitative estimate of drug-likeness (QED) is 0.781. The summed E-state index contributed by atoms with van der Waals surface area (Å²) in [5, 5.41) is 5.35. The van der Waals surface area contributed by atoms with Crippen LogP contribution in [0.5, 0.6) is 0 Å². The maximum atomic E-state index is 4.52. The number of nitrogens with one attached hydrogen (secondary N) is 1. The van der Waals surface area contributed by atoms with Crippen molar-refractivity contribution in [2.75, 3.05) is 5.32 Å². The molecule has 3 rings (SSSR count). The lowest BCUT2D eigenvalue weighted by Crippen LogP contribution is -2.02. The Morgan fingerprint density at radius 1 is 1.00 bits per heavy atom. The molecule has 2 aromatic heterocycles. The Hall–Kier alpha value is -2.20. The zero-order chi connectivity index (χ0) is 12.9. The van der Waals surface area contributed by atoms with E-state index in [9.17, 15) is 0 Å². The zero-order valence-corrected chi connectivity index (χ0v) is 11.1. The van der Waals surface area contributed by atoms with Crippen LogP contribution in [0.4, 0.5) is 5.82 Å². The molecule has 19 heavy (non-hydrogen) atoms. The minimum Gasteiger partial charge on any atom is -0.366 e. The van der Waals surface area contributed by atoms with Gasteiger partial charge in [-0.3, -0.25) is 0 Å². The van der Waals surface area contributed by atoms with E-state index in [0.29, 0.717) is 0 Å². The second-order valence-corrected chi connectivity index (χ2v) is 5.03. The number of hydrogen-bond donors (Lipinski definition) is 1. The molecule has 0 saturated carbocycles. The molecule has 0 atom stereocenters. The van der Waals surface area contributed by atoms with Crippen molar-refractivity contribution in [1.29, 1.82) is 0 Å². The highest BCUT2D eigenvalue weighted by atomic mass is 32.1. The van der Waals surface area contributed by atoms with Crippen LogP contribution in [0.2, 0.25) is 0 Å². The molecule has 4 heteroatoms. The van der Waals surface area contributed by atoms with E-state index in [1.165, 1.54) is 5.56 Å². The van der Waals surface area contributed by atoms with Crippen LogP contribution in [-0.4, -0.2) is 9.97 Å². The van der Waals surface area contributed by atoms with Gasteiger partial charge in [-0.1, -0.05) is 36.4 Å². The van der Waals surface area contributed by atoms with Crippen LogP contribution in [0.15, 0.2) is 60.1 Å². The summed E-state index contributed by atoms with van der Waals surface area (Å²) in [7, 11) is 0. The van der Waals surface area contributed by atoms with E-state index in [-0.39, 0.29) is 0 Å². The minimum absolute atomic E-state index is 0.766. The van der Waals surface area contributed by atoms with Crippen LogP contribution in [0, 0.1) is 0 Å². The molecule has 1 N–H and O–H groups in total. The second-order valence-electron chi connectivity index (χ2n) is 4.08. The van der Waals surface area contributed by atoms with E-state index >= 15 is 0 Å². The topological polar surface area (TPSA) is 37.8 Å². The largest absolute Gasteiger partial charge is 0.366 e. The SMILES string of the molecule is c1ccc(CNc2ccnc(-c3cccs3)n2)cc1. The van der Waals surface area contributed by atoms with Gasteiger partial charge in [0.15, 0.2) is 5.82 Å². The minimum atomic E-state index is 0.766. The van der Waals surface area contributed by atoms with Crippen molar-refractivity contribution in [2.45, 2.75) is 6.54 Å². The molecule has 0 saturated heterocycles. The third-order valence-corrected chi connectivity index (χ3v) is 3.58. The Morgan fingerprint density at radius 3 is 2.68 bits per heavy atom. The molecule has 0 unspecified atom stereocenters. The third kappa shape index (κ3) is 2.98. The normalized spacial score (nSPS) is 10.3. The summed E-state index contributed by atoms with van der Waals surface area (Å²) in [6.07, 6.45) is 1.79. The van der Waals surface area contributed by atoms with Gasteiger partial charge in [0, 0.05) is 12.7 Å². The van der Waals surface area contributed by atoms with Crippen LogP contribution in [0.25, 0.3) is 10.7 Å². The number of aromatic nitrogens is 2. The van der Waals surface area contributed by atoms with Crippen LogP contribution in [-0.2, 0) is 6.54 Å². The third-order valence-electron chi connectivity index (χ3n) is 2.71. The zero-order valence-electron chi connectivity index (χ0n) is 10.3. The standard InChI is InChI=1S/C15H13N3S/c1-2-5-12(6-3-1)11-17-14-8-9-16-15(18-14)13-7-4-10-19-13/h1-10H,11H2,(H,16,17,18). The van der Waals surface area contributed by atoms with E-state index < -0.39 is 0 Å². The van der Waals surface area contributed by atoms with E-state index in [0.717, 1.165) is 23.1 Å². The highest BCUT2D eigenvalue weighted by Gasteiger charge is 2.03. The van der Waals surface area contributed by atoms with Gasteiger partial charge in [0.2, 0.25) is 0 Å². The molecule has 2 heterocycles. The summed E-state index contributed by atoms with van der Waals surface area (Å²) >= 11 is 1.65. The van der Waals surface area contributed by atoms with Crippen molar-refractivity contribution >= 4 is 17.2 Å². The van der Waals surface area contributed by atoms with Crippen molar-refractivity contribution in [3.05, 3.63) is 65.7 Å². The predicted molar refractivity (Wildman–Crippen MR) is 79.1 cm³/mol. The number of hydrogen-bond acceptors (Lipinski definition) is 4. The van der Waals surface area contributed by atoms with Crippen LogP contribution < -0.4 is 5.32 Å². The summed E-state index contributed by atoms with van der Waals surface area (Å²) in [5.41, 5.74) is 1.23. The maximum absolute atomic E-state index is 4.52. The van der Waals surface area contributed by atoms with Crippen molar-refractivity contribution in [3.63, 3.8) is 0 Å². The lowest BCUT2D eigenvalue weighted by molar-refractivity contribution is 1.09. The van der Waals surface area contributed by atoms with Gasteiger partial charge in [0.25, 0.3) is 0 Å². The molecule has 0 aliphatic heterocycles. The van der Waals surface area contributed by atoms with Crippen molar-refractivity contribution < 1.29 is 0 Å². The first-order valence-corrected chi connectivity index (χ1v) is 6.94. The van der Waals surface area contributed by atoms with Crippen LogP contribution >= 0.6 is 11.3 Å². The molecule has 0 bridgehead atoms. The highest BCUT2D eigenvalue weighted by molar-refractivity contribution is 7.13.